The highest BCUT2D eigenvalue weighted by atomic mass is 127. The fourth-order valence-corrected chi connectivity index (χ4v) is 3.17. The van der Waals surface area contributed by atoms with Gasteiger partial charge in [0.1, 0.15) is 3.67 Å². The smallest absolute Gasteiger partial charge is 0.124 e. The van der Waals surface area contributed by atoms with Gasteiger partial charge in [-0.05, 0) is 55.7 Å². The molecule has 0 aliphatic rings. The first-order chi connectivity index (χ1) is 6.04. The molecule has 0 fully saturated rings. The van der Waals surface area contributed by atoms with Crippen molar-refractivity contribution >= 4 is 22.6 Å². The highest BCUT2D eigenvalue weighted by Crippen LogP contribution is 2.27. The molecule has 80 valence electrons. The third kappa shape index (κ3) is 3.36. The molecule has 0 heterocycles. The molecule has 0 atom stereocenters. The second-order valence-corrected chi connectivity index (χ2v) is 5.29. The van der Waals surface area contributed by atoms with Crippen molar-refractivity contribution in [2.24, 2.45) is 0 Å². The molecule has 0 radical (unpaired) electrons. The Kier molecular flexibility index (Phi) is 6.50. The Hall–Kier alpha value is 0.650. The second-order valence-electron chi connectivity index (χ2n) is 3.25. The topological polar surface area (TPSA) is 6.48 Å². The zero-order chi connectivity index (χ0) is 10.5. The number of nitrogens with zero attached hydrogens (tertiary/aromatic N) is 2. The van der Waals surface area contributed by atoms with Crippen molar-refractivity contribution < 1.29 is 0 Å². The van der Waals surface area contributed by atoms with Gasteiger partial charge in [-0.1, -0.05) is 27.7 Å². The minimum absolute atomic E-state index is 0.171. The average Bonchev–Trinajstić information content (AvgIpc) is 2.07. The van der Waals surface area contributed by atoms with E-state index in [4.69, 9.17) is 0 Å². The van der Waals surface area contributed by atoms with E-state index in [9.17, 15) is 0 Å². The number of hydrogen-bond acceptors (Lipinski definition) is 2. The van der Waals surface area contributed by atoms with Gasteiger partial charge in [-0.3, -0.25) is 9.80 Å². The highest BCUT2D eigenvalue weighted by Gasteiger charge is 2.31. The molecule has 0 N–H and O–H groups in total. The quantitative estimate of drug-likeness (QED) is 0.322. The highest BCUT2D eigenvalue weighted by molar-refractivity contribution is 14.1. The molecule has 0 bridgehead atoms. The van der Waals surface area contributed by atoms with Crippen molar-refractivity contribution in [1.82, 2.24) is 9.80 Å². The van der Waals surface area contributed by atoms with Crippen LogP contribution in [0.4, 0.5) is 0 Å². The fraction of sp³-hybridized carbons (Fsp3) is 1.00. The van der Waals surface area contributed by atoms with Crippen LogP contribution in [-0.4, -0.2) is 39.6 Å². The van der Waals surface area contributed by atoms with Gasteiger partial charge in [0.15, 0.2) is 0 Å². The number of rotatable bonds is 6. The molecule has 0 aromatic rings. The first-order valence-corrected chi connectivity index (χ1v) is 6.31. The maximum atomic E-state index is 2.55. The zero-order valence-corrected chi connectivity index (χ0v) is 11.8. The summed E-state index contributed by atoms with van der Waals surface area (Å²) in [6, 6.07) is 0. The maximum Gasteiger partial charge on any atom is 0.124 e. The van der Waals surface area contributed by atoms with Crippen LogP contribution in [0.15, 0.2) is 0 Å². The van der Waals surface area contributed by atoms with Crippen LogP contribution in [0, 0.1) is 0 Å². The summed E-state index contributed by atoms with van der Waals surface area (Å²) < 4.78 is 0.171. The minimum atomic E-state index is 0.171. The summed E-state index contributed by atoms with van der Waals surface area (Å²) in [7, 11) is 0. The third-order valence-corrected chi connectivity index (χ3v) is 4.05. The van der Waals surface area contributed by atoms with Gasteiger partial charge in [-0.15, -0.1) is 0 Å². The first kappa shape index (κ1) is 13.7. The van der Waals surface area contributed by atoms with Crippen LogP contribution in [-0.2, 0) is 0 Å². The van der Waals surface area contributed by atoms with E-state index in [0.29, 0.717) is 0 Å². The standard InChI is InChI=1S/C10H23IN2/c1-6-12(7-2)10(5,11)13(8-3)9-4/h6-9H2,1-5H3. The lowest BCUT2D eigenvalue weighted by Crippen LogP contribution is -2.54. The molecule has 13 heavy (non-hydrogen) atoms. The monoisotopic (exact) mass is 298 g/mol. The van der Waals surface area contributed by atoms with Crippen LogP contribution in [0.1, 0.15) is 34.6 Å². The predicted molar refractivity (Wildman–Crippen MR) is 68.3 cm³/mol. The van der Waals surface area contributed by atoms with E-state index in [1.54, 1.807) is 0 Å². The Bertz CT molecular complexity index is 115. The lowest BCUT2D eigenvalue weighted by atomic mass is 10.3. The molecule has 0 amide bonds. The molecule has 3 heteroatoms. The molecular weight excluding hydrogens is 275 g/mol. The minimum Gasteiger partial charge on any atom is -0.278 e. The van der Waals surface area contributed by atoms with Gasteiger partial charge in [0.25, 0.3) is 0 Å². The van der Waals surface area contributed by atoms with E-state index in [1.165, 1.54) is 0 Å². The van der Waals surface area contributed by atoms with Crippen molar-refractivity contribution in [3.05, 3.63) is 0 Å². The van der Waals surface area contributed by atoms with Crippen molar-refractivity contribution in [3.63, 3.8) is 0 Å². The van der Waals surface area contributed by atoms with E-state index < -0.39 is 0 Å². The van der Waals surface area contributed by atoms with Crippen LogP contribution in [0.3, 0.4) is 0 Å². The summed E-state index contributed by atoms with van der Waals surface area (Å²) in [4.78, 5) is 4.97. The molecule has 0 saturated heterocycles. The van der Waals surface area contributed by atoms with Crippen LogP contribution in [0.5, 0.6) is 0 Å². The van der Waals surface area contributed by atoms with Gasteiger partial charge in [-0.2, -0.15) is 0 Å². The van der Waals surface area contributed by atoms with E-state index in [0.717, 1.165) is 26.2 Å². The van der Waals surface area contributed by atoms with E-state index >= 15 is 0 Å². The molecule has 2 nitrogen and oxygen atoms in total. The first-order valence-electron chi connectivity index (χ1n) is 5.23. The van der Waals surface area contributed by atoms with Crippen LogP contribution >= 0.6 is 22.6 Å². The second kappa shape index (κ2) is 6.19. The lowest BCUT2D eigenvalue weighted by molar-refractivity contribution is 0.0561. The van der Waals surface area contributed by atoms with E-state index in [-0.39, 0.29) is 3.67 Å². The molecule has 0 aromatic carbocycles. The predicted octanol–water partition coefficient (Wildman–Crippen LogP) is 2.78. The molecular formula is C10H23IN2. The lowest BCUT2D eigenvalue weighted by Gasteiger charge is -2.43. The number of hydrogen-bond donors (Lipinski definition) is 0. The van der Waals surface area contributed by atoms with Gasteiger partial charge in [0.05, 0.1) is 0 Å². The number of halogens is 1. The maximum absolute atomic E-state index is 2.55. The van der Waals surface area contributed by atoms with Gasteiger partial charge < -0.3 is 0 Å². The largest absolute Gasteiger partial charge is 0.278 e. The van der Waals surface area contributed by atoms with Crippen LogP contribution < -0.4 is 0 Å². The normalized spacial score (nSPS) is 12.9. The van der Waals surface area contributed by atoms with Crippen LogP contribution in [0.25, 0.3) is 0 Å². The zero-order valence-electron chi connectivity index (χ0n) is 9.60. The SMILES string of the molecule is CCN(CC)C(C)(I)N(CC)CC. The Morgan fingerprint density at radius 2 is 1.08 bits per heavy atom. The Balaban J connectivity index is 4.48. The molecule has 0 rings (SSSR count). The van der Waals surface area contributed by atoms with Crippen molar-refractivity contribution in [2.75, 3.05) is 26.2 Å². The number of alkyl halides is 1. The molecule has 0 aromatic heterocycles. The summed E-state index contributed by atoms with van der Waals surface area (Å²) in [5, 5.41) is 0. The van der Waals surface area contributed by atoms with E-state index in [2.05, 4.69) is 67.0 Å². The Morgan fingerprint density at radius 3 is 1.23 bits per heavy atom. The summed E-state index contributed by atoms with van der Waals surface area (Å²) in [6.45, 7) is 15.7. The van der Waals surface area contributed by atoms with Gasteiger partial charge >= 0.3 is 0 Å². The molecule has 0 spiro atoms. The summed E-state index contributed by atoms with van der Waals surface area (Å²) >= 11 is 2.55. The van der Waals surface area contributed by atoms with Gasteiger partial charge in [-0.25, -0.2) is 0 Å². The Labute approximate surface area is 96.8 Å². The molecule has 0 aliphatic heterocycles. The fourth-order valence-electron chi connectivity index (χ4n) is 1.80. The molecule has 0 saturated carbocycles. The molecule has 0 aliphatic carbocycles. The summed E-state index contributed by atoms with van der Waals surface area (Å²) in [5.74, 6) is 0. The summed E-state index contributed by atoms with van der Waals surface area (Å²) in [6.07, 6.45) is 0. The molecule has 0 unspecified atom stereocenters. The van der Waals surface area contributed by atoms with Gasteiger partial charge in [0, 0.05) is 0 Å². The third-order valence-electron chi connectivity index (χ3n) is 2.68. The summed E-state index contributed by atoms with van der Waals surface area (Å²) in [5.41, 5.74) is 0. The van der Waals surface area contributed by atoms with Crippen molar-refractivity contribution in [1.29, 1.82) is 0 Å². The van der Waals surface area contributed by atoms with Crippen molar-refractivity contribution in [2.45, 2.75) is 38.3 Å². The van der Waals surface area contributed by atoms with E-state index in [1.807, 2.05) is 0 Å². The van der Waals surface area contributed by atoms with Crippen molar-refractivity contribution in [3.8, 4) is 0 Å². The average molecular weight is 298 g/mol. The van der Waals surface area contributed by atoms with Crippen LogP contribution in [0.2, 0.25) is 0 Å². The Morgan fingerprint density at radius 1 is 0.846 bits per heavy atom. The van der Waals surface area contributed by atoms with Gasteiger partial charge in [0.2, 0.25) is 0 Å².